The van der Waals surface area contributed by atoms with E-state index in [1.165, 1.54) is 60.1 Å². The third kappa shape index (κ3) is 2.50. The van der Waals surface area contributed by atoms with E-state index in [4.69, 9.17) is 5.73 Å². The van der Waals surface area contributed by atoms with E-state index in [2.05, 4.69) is 117 Å². The maximum Gasteiger partial charge on any atom is 0.0400 e. The molecule has 0 amide bonds. The smallest absolute Gasteiger partial charge is 0.0400 e. The molecule has 1 nitrogen and oxygen atoms in total. The standard InChI is InChI=1S/C33H25N/c1-33(2)31-25-14-8-5-9-20(25)15-16-26(31)30-24-13-7-6-12-23(24)18-28(32(30)33)27-17-21-10-3-4-11-22(21)19-29(27)34/h3-19H,34H2,1-2H3. The van der Waals surface area contributed by atoms with Crippen molar-refractivity contribution in [2.45, 2.75) is 19.3 Å². The number of hydrogen-bond acceptors (Lipinski definition) is 1. The van der Waals surface area contributed by atoms with Gasteiger partial charge in [-0.05, 0) is 78.3 Å². The van der Waals surface area contributed by atoms with Crippen molar-refractivity contribution in [1.29, 1.82) is 0 Å². The van der Waals surface area contributed by atoms with Gasteiger partial charge in [-0.15, -0.1) is 0 Å². The third-order valence-electron chi connectivity index (χ3n) is 7.71. The second-order valence-corrected chi connectivity index (χ2v) is 10.0. The summed E-state index contributed by atoms with van der Waals surface area (Å²) in [7, 11) is 0. The molecule has 0 saturated heterocycles. The van der Waals surface area contributed by atoms with Gasteiger partial charge < -0.3 is 5.73 Å². The monoisotopic (exact) mass is 435 g/mol. The van der Waals surface area contributed by atoms with Crippen molar-refractivity contribution in [2.75, 3.05) is 5.73 Å². The van der Waals surface area contributed by atoms with Crippen LogP contribution in [0.25, 0.3) is 54.6 Å². The highest BCUT2D eigenvalue weighted by molar-refractivity contribution is 6.11. The van der Waals surface area contributed by atoms with Crippen molar-refractivity contribution in [2.24, 2.45) is 0 Å². The van der Waals surface area contributed by atoms with E-state index in [-0.39, 0.29) is 5.41 Å². The van der Waals surface area contributed by atoms with Crippen LogP contribution in [0.3, 0.4) is 0 Å². The fourth-order valence-electron chi connectivity index (χ4n) is 6.26. The van der Waals surface area contributed by atoms with Crippen LogP contribution in [0.1, 0.15) is 25.0 Å². The highest BCUT2D eigenvalue weighted by Gasteiger charge is 2.40. The Bertz CT molecular complexity index is 1790. The summed E-state index contributed by atoms with van der Waals surface area (Å²) >= 11 is 0. The van der Waals surface area contributed by atoms with Gasteiger partial charge in [0.25, 0.3) is 0 Å². The lowest BCUT2D eigenvalue weighted by molar-refractivity contribution is 0.668. The Kier molecular flexibility index (Phi) is 3.82. The third-order valence-corrected chi connectivity index (χ3v) is 7.71. The van der Waals surface area contributed by atoms with Gasteiger partial charge in [0, 0.05) is 16.7 Å². The molecule has 0 aromatic heterocycles. The van der Waals surface area contributed by atoms with Crippen LogP contribution in [0.2, 0.25) is 0 Å². The molecular weight excluding hydrogens is 410 g/mol. The first-order valence-electron chi connectivity index (χ1n) is 11.9. The summed E-state index contributed by atoms with van der Waals surface area (Å²) in [4.78, 5) is 0. The molecule has 1 heteroatoms. The van der Waals surface area contributed by atoms with Crippen molar-refractivity contribution in [1.82, 2.24) is 0 Å². The first-order valence-corrected chi connectivity index (χ1v) is 11.9. The maximum atomic E-state index is 6.74. The van der Waals surface area contributed by atoms with Gasteiger partial charge in [0.1, 0.15) is 0 Å². The molecule has 6 aromatic rings. The molecule has 0 bridgehead atoms. The number of nitrogens with two attached hydrogens (primary N) is 1. The fraction of sp³-hybridized carbons (Fsp3) is 0.0909. The summed E-state index contributed by atoms with van der Waals surface area (Å²) in [6.07, 6.45) is 0. The van der Waals surface area contributed by atoms with Crippen molar-refractivity contribution >= 4 is 38.0 Å². The van der Waals surface area contributed by atoms with E-state index in [0.29, 0.717) is 0 Å². The molecule has 0 fully saturated rings. The largest absolute Gasteiger partial charge is 0.398 e. The van der Waals surface area contributed by atoms with E-state index in [1.807, 2.05) is 0 Å². The molecule has 0 atom stereocenters. The van der Waals surface area contributed by atoms with Gasteiger partial charge in [0.05, 0.1) is 0 Å². The van der Waals surface area contributed by atoms with Gasteiger partial charge in [-0.1, -0.05) is 98.8 Å². The number of rotatable bonds is 1. The quantitative estimate of drug-likeness (QED) is 0.257. The van der Waals surface area contributed by atoms with Crippen LogP contribution in [-0.2, 0) is 5.41 Å². The van der Waals surface area contributed by atoms with Gasteiger partial charge in [0.15, 0.2) is 0 Å². The van der Waals surface area contributed by atoms with Crippen molar-refractivity contribution < 1.29 is 0 Å². The Labute approximate surface area is 199 Å². The SMILES string of the molecule is CC1(C)c2c(-c3cc4ccccc4cc3N)cc3ccccc3c2-c2ccc3ccccc3c21. The molecule has 0 spiro atoms. The van der Waals surface area contributed by atoms with Crippen LogP contribution < -0.4 is 5.73 Å². The number of nitrogen functional groups attached to an aromatic ring is 1. The van der Waals surface area contributed by atoms with Gasteiger partial charge in [-0.2, -0.15) is 0 Å². The van der Waals surface area contributed by atoms with Gasteiger partial charge in [-0.25, -0.2) is 0 Å². The summed E-state index contributed by atoms with van der Waals surface area (Å²) in [5.74, 6) is 0. The van der Waals surface area contributed by atoms with Crippen molar-refractivity contribution in [3.63, 3.8) is 0 Å². The molecule has 0 unspecified atom stereocenters. The zero-order valence-corrected chi connectivity index (χ0v) is 19.4. The molecule has 7 rings (SSSR count). The minimum Gasteiger partial charge on any atom is -0.398 e. The van der Waals surface area contributed by atoms with E-state index in [9.17, 15) is 0 Å². The minimum absolute atomic E-state index is 0.164. The van der Waals surface area contributed by atoms with Crippen LogP contribution in [-0.4, -0.2) is 0 Å². The number of hydrogen-bond donors (Lipinski definition) is 1. The summed E-state index contributed by atoms with van der Waals surface area (Å²) < 4.78 is 0. The molecule has 6 aromatic carbocycles. The minimum atomic E-state index is -0.164. The summed E-state index contributed by atoms with van der Waals surface area (Å²) in [5, 5.41) is 7.58. The van der Waals surface area contributed by atoms with E-state index < -0.39 is 0 Å². The Morgan fingerprint density at radius 3 is 1.85 bits per heavy atom. The van der Waals surface area contributed by atoms with Crippen molar-refractivity contribution in [3.05, 3.63) is 114 Å². The van der Waals surface area contributed by atoms with Gasteiger partial charge >= 0.3 is 0 Å². The van der Waals surface area contributed by atoms with Crippen LogP contribution in [0.4, 0.5) is 5.69 Å². The summed E-state index contributed by atoms with van der Waals surface area (Å²) in [6, 6.07) is 37.3. The molecule has 2 N–H and O–H groups in total. The highest BCUT2D eigenvalue weighted by Crippen LogP contribution is 2.57. The van der Waals surface area contributed by atoms with Crippen LogP contribution in [0.15, 0.2) is 103 Å². The molecule has 1 aliphatic rings. The molecule has 162 valence electrons. The number of anilines is 1. The fourth-order valence-corrected chi connectivity index (χ4v) is 6.26. The second kappa shape index (κ2) is 6.71. The van der Waals surface area contributed by atoms with Crippen LogP contribution >= 0.6 is 0 Å². The molecule has 1 aliphatic carbocycles. The lowest BCUT2D eigenvalue weighted by Gasteiger charge is -2.27. The van der Waals surface area contributed by atoms with Gasteiger partial charge in [0.2, 0.25) is 0 Å². The Hall–Kier alpha value is -4.10. The number of fused-ring (bicyclic) bond motifs is 8. The zero-order valence-electron chi connectivity index (χ0n) is 19.4. The number of benzene rings is 6. The normalized spacial score (nSPS) is 13.9. The van der Waals surface area contributed by atoms with E-state index >= 15 is 0 Å². The predicted octanol–water partition coefficient (Wildman–Crippen LogP) is 8.70. The summed E-state index contributed by atoms with van der Waals surface area (Å²) in [6.45, 7) is 4.75. The van der Waals surface area contributed by atoms with Gasteiger partial charge in [-0.3, -0.25) is 0 Å². The molecule has 0 heterocycles. The second-order valence-electron chi connectivity index (χ2n) is 10.0. The average molecular weight is 436 g/mol. The molecule has 0 radical (unpaired) electrons. The lowest BCUT2D eigenvalue weighted by Crippen LogP contribution is -2.17. The summed E-state index contributed by atoms with van der Waals surface area (Å²) in [5.41, 5.74) is 15.2. The van der Waals surface area contributed by atoms with E-state index in [0.717, 1.165) is 11.3 Å². The van der Waals surface area contributed by atoms with Crippen LogP contribution in [0, 0.1) is 0 Å². The first kappa shape index (κ1) is 19.4. The molecule has 0 aliphatic heterocycles. The average Bonchev–Trinajstić information content (AvgIpc) is 3.11. The Balaban J connectivity index is 1.66. The Morgan fingerprint density at radius 2 is 1.09 bits per heavy atom. The zero-order chi connectivity index (χ0) is 23.0. The Morgan fingerprint density at radius 1 is 0.500 bits per heavy atom. The van der Waals surface area contributed by atoms with Crippen molar-refractivity contribution in [3.8, 4) is 22.3 Å². The molecule has 34 heavy (non-hydrogen) atoms. The highest BCUT2D eigenvalue weighted by atomic mass is 14.6. The predicted molar refractivity (Wildman–Crippen MR) is 146 cm³/mol. The van der Waals surface area contributed by atoms with Crippen LogP contribution in [0.5, 0.6) is 0 Å². The molecular formula is C33H25N. The maximum absolute atomic E-state index is 6.74. The van der Waals surface area contributed by atoms with E-state index in [1.54, 1.807) is 0 Å². The topological polar surface area (TPSA) is 26.0 Å². The lowest BCUT2D eigenvalue weighted by atomic mass is 9.76. The molecule has 0 saturated carbocycles. The first-order chi connectivity index (χ1) is 16.5.